The predicted octanol–water partition coefficient (Wildman–Crippen LogP) is 6.72. The first-order valence-electron chi connectivity index (χ1n) is 15.8. The minimum atomic E-state index is -0.760. The van der Waals surface area contributed by atoms with Crippen LogP contribution in [-0.2, 0) is 16.1 Å². The lowest BCUT2D eigenvalue weighted by molar-refractivity contribution is -0.136. The number of aromatic nitrogens is 1. The molecule has 0 spiro atoms. The first kappa shape index (κ1) is 32.7. The fraction of sp³-hybridized carbons (Fsp3) is 0.306. The largest absolute Gasteiger partial charge is 0.383 e. The molecule has 0 bridgehead atoms. The molecule has 1 aromatic heterocycles. The maximum absolute atomic E-state index is 15.1. The highest BCUT2D eigenvalue weighted by atomic mass is 35.5. The summed E-state index contributed by atoms with van der Waals surface area (Å²) in [7, 11) is 0. The smallest absolute Gasteiger partial charge is 0.255 e. The van der Waals surface area contributed by atoms with Gasteiger partial charge in [0, 0.05) is 48.6 Å². The number of nitrogens with one attached hydrogen (secondary N) is 2. The van der Waals surface area contributed by atoms with Gasteiger partial charge in [0.05, 0.1) is 22.0 Å². The molecule has 3 aromatic carbocycles. The third-order valence-corrected chi connectivity index (χ3v) is 9.25. The Balaban J connectivity index is 1.16. The molecule has 4 aromatic rings. The second-order valence-corrected chi connectivity index (χ2v) is 12.6. The summed E-state index contributed by atoms with van der Waals surface area (Å²) in [5, 5.41) is 19.4. The predicted molar refractivity (Wildman–Crippen MR) is 179 cm³/mol. The monoisotopic (exact) mass is 668 g/mol. The average molecular weight is 669 g/mol. The van der Waals surface area contributed by atoms with Crippen molar-refractivity contribution in [2.75, 3.05) is 23.3 Å². The zero-order valence-corrected chi connectivity index (χ0v) is 27.6. The zero-order valence-electron chi connectivity index (χ0n) is 26.8. The van der Waals surface area contributed by atoms with Crippen molar-refractivity contribution in [3.05, 3.63) is 93.1 Å². The molecule has 1 atom stereocenters. The zero-order chi connectivity index (χ0) is 34.1. The lowest BCUT2D eigenvalue weighted by Gasteiger charge is -2.29. The van der Waals surface area contributed by atoms with Crippen LogP contribution in [0.2, 0.25) is 5.02 Å². The van der Waals surface area contributed by atoms with Crippen molar-refractivity contribution in [2.45, 2.75) is 59.0 Å². The van der Waals surface area contributed by atoms with Crippen molar-refractivity contribution < 1.29 is 23.3 Å². The van der Waals surface area contributed by atoms with Crippen LogP contribution in [-0.4, -0.2) is 46.9 Å². The number of benzene rings is 3. The van der Waals surface area contributed by atoms with Gasteiger partial charge in [-0.2, -0.15) is 5.26 Å². The molecule has 48 heavy (non-hydrogen) atoms. The quantitative estimate of drug-likeness (QED) is 0.141. The van der Waals surface area contributed by atoms with E-state index in [2.05, 4.69) is 38.9 Å². The summed E-state index contributed by atoms with van der Waals surface area (Å²) in [5.41, 5.74) is 7.10. The fourth-order valence-corrected chi connectivity index (χ4v) is 6.66. The molecule has 12 heteroatoms. The molecular formula is C36H34ClFN6O4. The highest BCUT2D eigenvalue weighted by molar-refractivity contribution is 6.32. The van der Waals surface area contributed by atoms with Gasteiger partial charge in [0.2, 0.25) is 11.8 Å². The summed E-state index contributed by atoms with van der Waals surface area (Å²) < 4.78 is 20.6. The number of hydrogen-bond acceptors (Lipinski definition) is 8. The minimum absolute atomic E-state index is 0.152. The third kappa shape index (κ3) is 6.36. The standard InChI is InChI=1S/C36H34ClFN6O4/c1-20-6-7-23(34-21(2)42-48-22(34)3)15-32(20)43(26-9-8-24(18-39)28(37)16-26)13-5-4-12-40-30-14-25-19-44(36(47)27(25)17-29(30)38)31-10-11-33(45)41-35(31)46/h6-9,14-17,31,40H,4-5,10-13,19H2,1-3H3,(H,41,45,46). The van der Waals surface area contributed by atoms with Crippen molar-refractivity contribution in [3.8, 4) is 17.2 Å². The Kier molecular flexibility index (Phi) is 9.20. The van der Waals surface area contributed by atoms with E-state index < -0.39 is 23.7 Å². The van der Waals surface area contributed by atoms with E-state index in [1.54, 1.807) is 18.2 Å². The molecule has 6 rings (SSSR count). The number of hydrogen-bond donors (Lipinski definition) is 2. The van der Waals surface area contributed by atoms with Crippen LogP contribution in [0.25, 0.3) is 11.1 Å². The van der Waals surface area contributed by atoms with Crippen molar-refractivity contribution in [1.29, 1.82) is 5.26 Å². The molecule has 246 valence electrons. The van der Waals surface area contributed by atoms with E-state index in [0.29, 0.717) is 35.7 Å². The number of carbonyl (C=O) groups excluding carboxylic acids is 3. The number of unbranched alkanes of at least 4 members (excludes halogenated alkanes) is 1. The molecule has 0 radical (unpaired) electrons. The number of anilines is 3. The van der Waals surface area contributed by atoms with Gasteiger partial charge in [0.15, 0.2) is 0 Å². The van der Waals surface area contributed by atoms with Gasteiger partial charge in [-0.15, -0.1) is 0 Å². The van der Waals surface area contributed by atoms with Gasteiger partial charge in [0.1, 0.15) is 23.7 Å². The number of nitriles is 1. The maximum atomic E-state index is 15.1. The number of carbonyl (C=O) groups is 3. The van der Waals surface area contributed by atoms with Gasteiger partial charge in [-0.25, -0.2) is 4.39 Å². The van der Waals surface area contributed by atoms with Crippen molar-refractivity contribution >= 4 is 46.4 Å². The number of nitrogens with zero attached hydrogens (tertiary/aromatic N) is 4. The molecule has 1 saturated heterocycles. The van der Waals surface area contributed by atoms with Crippen LogP contribution in [0.5, 0.6) is 0 Å². The van der Waals surface area contributed by atoms with Gasteiger partial charge < -0.3 is 19.6 Å². The van der Waals surface area contributed by atoms with Crippen LogP contribution < -0.4 is 15.5 Å². The van der Waals surface area contributed by atoms with Gasteiger partial charge in [0.25, 0.3) is 5.91 Å². The highest BCUT2D eigenvalue weighted by Crippen LogP contribution is 2.37. The fourth-order valence-electron chi connectivity index (χ4n) is 6.44. The first-order valence-corrected chi connectivity index (χ1v) is 16.2. The van der Waals surface area contributed by atoms with Crippen LogP contribution in [0.4, 0.5) is 21.5 Å². The van der Waals surface area contributed by atoms with Gasteiger partial charge in [-0.1, -0.05) is 28.9 Å². The van der Waals surface area contributed by atoms with E-state index in [4.69, 9.17) is 16.1 Å². The number of imide groups is 1. The lowest BCUT2D eigenvalue weighted by atomic mass is 10.0. The third-order valence-electron chi connectivity index (χ3n) is 8.94. The van der Waals surface area contributed by atoms with Crippen LogP contribution in [0.15, 0.2) is 53.1 Å². The second-order valence-electron chi connectivity index (χ2n) is 12.2. The van der Waals surface area contributed by atoms with Crippen LogP contribution >= 0.6 is 11.6 Å². The number of amides is 3. The lowest BCUT2D eigenvalue weighted by Crippen LogP contribution is -2.52. The molecule has 0 aliphatic carbocycles. The topological polar surface area (TPSA) is 132 Å². The average Bonchev–Trinajstić information content (AvgIpc) is 3.56. The summed E-state index contributed by atoms with van der Waals surface area (Å²) in [4.78, 5) is 40.5. The van der Waals surface area contributed by atoms with E-state index in [9.17, 15) is 19.6 Å². The normalized spacial score (nSPS) is 15.7. The molecule has 1 unspecified atom stereocenters. The summed E-state index contributed by atoms with van der Waals surface area (Å²) in [6.07, 6.45) is 1.82. The second kappa shape index (κ2) is 13.5. The Labute approximate surface area is 282 Å². The van der Waals surface area contributed by atoms with Gasteiger partial charge in [-0.05, 0) is 93.1 Å². The van der Waals surface area contributed by atoms with Gasteiger partial charge in [-0.3, -0.25) is 19.7 Å². The molecule has 1 fully saturated rings. The molecule has 2 aliphatic heterocycles. The molecular weight excluding hydrogens is 635 g/mol. The summed E-state index contributed by atoms with van der Waals surface area (Å²) in [5.74, 6) is -1.10. The minimum Gasteiger partial charge on any atom is -0.383 e. The van der Waals surface area contributed by atoms with E-state index in [0.717, 1.165) is 45.9 Å². The maximum Gasteiger partial charge on any atom is 0.255 e. The van der Waals surface area contributed by atoms with Crippen molar-refractivity contribution in [3.63, 3.8) is 0 Å². The molecule has 2 aliphatic rings. The first-order chi connectivity index (χ1) is 23.0. The van der Waals surface area contributed by atoms with E-state index in [1.807, 2.05) is 32.9 Å². The molecule has 2 N–H and O–H groups in total. The Morgan fingerprint density at radius 1 is 1.12 bits per heavy atom. The van der Waals surface area contributed by atoms with Crippen molar-refractivity contribution in [1.82, 2.24) is 15.4 Å². The van der Waals surface area contributed by atoms with Crippen molar-refractivity contribution in [2.24, 2.45) is 0 Å². The van der Waals surface area contributed by atoms with Crippen LogP contribution in [0.3, 0.4) is 0 Å². The number of piperidine rings is 1. The molecule has 0 saturated carbocycles. The Morgan fingerprint density at radius 3 is 2.65 bits per heavy atom. The number of halogens is 2. The molecule has 10 nitrogen and oxygen atoms in total. The summed E-state index contributed by atoms with van der Waals surface area (Å²) in [6.45, 7) is 7.08. The van der Waals surface area contributed by atoms with E-state index in [-0.39, 0.29) is 36.5 Å². The Bertz CT molecular complexity index is 1970. The molecule has 3 amide bonds. The number of fused-ring (bicyclic) bond motifs is 1. The van der Waals surface area contributed by atoms with Crippen LogP contribution in [0.1, 0.15) is 64.2 Å². The molecule has 3 heterocycles. The number of rotatable bonds is 10. The Hall–Kier alpha value is -5.21. The summed E-state index contributed by atoms with van der Waals surface area (Å²) >= 11 is 6.46. The van der Waals surface area contributed by atoms with E-state index in [1.165, 1.54) is 11.0 Å². The van der Waals surface area contributed by atoms with Crippen LogP contribution in [0, 0.1) is 37.9 Å². The summed E-state index contributed by atoms with van der Waals surface area (Å²) in [6, 6.07) is 15.8. The number of aryl methyl sites for hydroxylation is 3. The van der Waals surface area contributed by atoms with E-state index >= 15 is 4.39 Å². The van der Waals surface area contributed by atoms with Gasteiger partial charge >= 0.3 is 0 Å². The Morgan fingerprint density at radius 2 is 1.94 bits per heavy atom. The SMILES string of the molecule is Cc1ccc(-c2c(C)noc2C)cc1N(CCCCNc1cc2c(cc1F)C(=O)N(C1CCC(=O)NC1=O)C2)c1ccc(C#N)c(Cl)c1. The highest BCUT2D eigenvalue weighted by Gasteiger charge is 2.39.